The minimum Gasteiger partial charge on any atom is -0.454 e. The van der Waals surface area contributed by atoms with E-state index >= 15 is 0 Å². The normalized spacial score (nSPS) is 11.4. The van der Waals surface area contributed by atoms with Gasteiger partial charge in [-0.25, -0.2) is 9.97 Å². The Kier molecular flexibility index (Phi) is 5.76. The van der Waals surface area contributed by atoms with E-state index < -0.39 is 0 Å². The Labute approximate surface area is 242 Å². The van der Waals surface area contributed by atoms with Crippen LogP contribution in [0.5, 0.6) is 34.8 Å². The van der Waals surface area contributed by atoms with Crippen LogP contribution in [-0.4, -0.2) is 9.97 Å². The second-order valence-corrected chi connectivity index (χ2v) is 11.5. The second-order valence-electron chi connectivity index (χ2n) is 9.43. The minimum atomic E-state index is 0.523. The summed E-state index contributed by atoms with van der Waals surface area (Å²) >= 11 is 3.41. The number of hydrogen-bond acceptors (Lipinski definition) is 7. The molecule has 0 bridgehead atoms. The van der Waals surface area contributed by atoms with Crippen LogP contribution in [0.3, 0.4) is 0 Å². The maximum Gasteiger partial charge on any atom is 0.219 e. The van der Waals surface area contributed by atoms with Crippen molar-refractivity contribution >= 4 is 63.0 Å². The summed E-state index contributed by atoms with van der Waals surface area (Å²) in [5.74, 6) is 3.78. The van der Waals surface area contributed by atoms with Crippen LogP contribution in [0.25, 0.3) is 40.3 Å². The molecule has 0 spiro atoms. The Morgan fingerprint density at radius 1 is 0.439 bits per heavy atom. The summed E-state index contributed by atoms with van der Waals surface area (Å²) in [5, 5.41) is 4.45. The van der Waals surface area contributed by atoms with Gasteiger partial charge in [0.25, 0.3) is 0 Å². The molecule has 0 radical (unpaired) electrons. The van der Waals surface area contributed by atoms with E-state index in [0.717, 1.165) is 30.9 Å². The van der Waals surface area contributed by atoms with E-state index in [1.807, 2.05) is 48.5 Å². The van der Waals surface area contributed by atoms with Crippen LogP contribution in [0.2, 0.25) is 0 Å². The zero-order chi connectivity index (χ0) is 27.2. The Morgan fingerprint density at radius 3 is 1.37 bits per heavy atom. The van der Waals surface area contributed by atoms with Crippen molar-refractivity contribution in [3.8, 4) is 34.8 Å². The highest BCUT2D eigenvalue weighted by Gasteiger charge is 2.18. The predicted molar refractivity (Wildman–Crippen MR) is 167 cm³/mol. The van der Waals surface area contributed by atoms with Gasteiger partial charge in [-0.1, -0.05) is 48.5 Å². The van der Waals surface area contributed by atoms with Crippen molar-refractivity contribution in [2.75, 3.05) is 0 Å². The number of aromatic nitrogens is 2. The van der Waals surface area contributed by atoms with Crippen LogP contribution in [0, 0.1) is 0 Å². The van der Waals surface area contributed by atoms with Gasteiger partial charge in [0.05, 0.1) is 9.40 Å². The zero-order valence-electron chi connectivity index (χ0n) is 21.5. The van der Waals surface area contributed by atoms with Crippen LogP contribution >= 0.6 is 22.7 Å². The molecule has 4 aromatic carbocycles. The first-order valence-electron chi connectivity index (χ1n) is 13.0. The number of nitrogens with zero attached hydrogens (tertiary/aromatic N) is 2. The average Bonchev–Trinajstić information content (AvgIpc) is 3.57. The first kappa shape index (κ1) is 23.9. The Morgan fingerprint density at radius 2 is 0.902 bits per heavy atom. The summed E-state index contributed by atoms with van der Waals surface area (Å²) in [5.41, 5.74) is 0. The molecule has 0 aliphatic rings. The van der Waals surface area contributed by atoms with Crippen molar-refractivity contribution in [3.63, 3.8) is 0 Å². The van der Waals surface area contributed by atoms with Gasteiger partial charge in [0.2, 0.25) is 11.8 Å². The topological polar surface area (TPSA) is 53.5 Å². The van der Waals surface area contributed by atoms with Gasteiger partial charge in [-0.3, -0.25) is 0 Å². The molecule has 4 heterocycles. The van der Waals surface area contributed by atoms with Crippen LogP contribution in [0.1, 0.15) is 0 Å². The number of fused-ring (bicyclic) bond motifs is 6. The smallest absolute Gasteiger partial charge is 0.219 e. The fraction of sp³-hybridized carbons (Fsp3) is 0. The molecule has 0 unspecified atom stereocenters. The van der Waals surface area contributed by atoms with Crippen LogP contribution < -0.4 is 14.2 Å². The van der Waals surface area contributed by atoms with E-state index in [4.69, 9.17) is 14.2 Å². The van der Waals surface area contributed by atoms with Gasteiger partial charge in [0.1, 0.15) is 23.0 Å². The molecule has 41 heavy (non-hydrogen) atoms. The Bertz CT molecular complexity index is 2030. The lowest BCUT2D eigenvalue weighted by Crippen LogP contribution is -1.91. The van der Waals surface area contributed by atoms with Crippen molar-refractivity contribution in [1.82, 2.24) is 9.97 Å². The van der Waals surface area contributed by atoms with Crippen molar-refractivity contribution < 1.29 is 14.2 Å². The SMILES string of the molecule is c1ccc(Oc2cc(Oc3cc(Oc4ccccn4)cc4c3sc3ccccc34)c3sc4ccccc4c3c2)nc1. The van der Waals surface area contributed by atoms with E-state index in [0.29, 0.717) is 34.8 Å². The molecule has 0 saturated heterocycles. The Hall–Kier alpha value is -4.98. The molecule has 5 nitrogen and oxygen atoms in total. The quantitative estimate of drug-likeness (QED) is 0.200. The van der Waals surface area contributed by atoms with Crippen molar-refractivity contribution in [3.05, 3.63) is 122 Å². The molecule has 196 valence electrons. The van der Waals surface area contributed by atoms with Gasteiger partial charge in [-0.15, -0.1) is 22.7 Å². The highest BCUT2D eigenvalue weighted by Crippen LogP contribution is 2.48. The number of pyridine rings is 2. The summed E-state index contributed by atoms with van der Waals surface area (Å²) in [7, 11) is 0. The average molecular weight is 569 g/mol. The van der Waals surface area contributed by atoms with E-state index in [2.05, 4.69) is 70.6 Å². The molecule has 8 rings (SSSR count). The third kappa shape index (κ3) is 4.41. The maximum absolute atomic E-state index is 6.84. The van der Waals surface area contributed by atoms with Crippen LogP contribution in [0.15, 0.2) is 122 Å². The zero-order valence-corrected chi connectivity index (χ0v) is 23.1. The fourth-order valence-corrected chi connectivity index (χ4v) is 7.25. The van der Waals surface area contributed by atoms with Gasteiger partial charge >= 0.3 is 0 Å². The van der Waals surface area contributed by atoms with Crippen LogP contribution in [-0.2, 0) is 0 Å². The third-order valence-corrected chi connectivity index (χ3v) is 9.18. The number of hydrogen-bond donors (Lipinski definition) is 0. The molecule has 0 aliphatic heterocycles. The van der Waals surface area contributed by atoms with Gasteiger partial charge in [-0.2, -0.15) is 0 Å². The molecule has 0 aliphatic carbocycles. The number of ether oxygens (including phenoxy) is 3. The first-order chi connectivity index (χ1) is 20.3. The van der Waals surface area contributed by atoms with Gasteiger partial charge in [0, 0.05) is 67.6 Å². The minimum absolute atomic E-state index is 0.523. The lowest BCUT2D eigenvalue weighted by Gasteiger charge is -2.13. The van der Waals surface area contributed by atoms with E-state index in [1.165, 1.54) is 9.40 Å². The first-order valence-corrected chi connectivity index (χ1v) is 14.7. The second kappa shape index (κ2) is 9.89. The number of rotatable bonds is 6. The molecule has 0 saturated carbocycles. The van der Waals surface area contributed by atoms with E-state index in [1.54, 1.807) is 35.1 Å². The van der Waals surface area contributed by atoms with Crippen molar-refractivity contribution in [2.45, 2.75) is 0 Å². The van der Waals surface area contributed by atoms with E-state index in [-0.39, 0.29) is 0 Å². The summed E-state index contributed by atoms with van der Waals surface area (Å²) in [6.07, 6.45) is 3.44. The van der Waals surface area contributed by atoms with Crippen molar-refractivity contribution in [1.29, 1.82) is 0 Å². The van der Waals surface area contributed by atoms with Gasteiger partial charge < -0.3 is 14.2 Å². The standard InChI is InChI=1S/C34H20N2O3S2/c1-3-11-29-23(9-1)25-17-21(37-31-13-5-7-15-35-31)19-27(33(25)40-29)39-28-20-22(38-32-14-6-8-16-36-32)18-26-24-10-2-4-12-30(24)41-34(26)28/h1-20H. The molecule has 8 aromatic rings. The summed E-state index contributed by atoms with van der Waals surface area (Å²) in [6, 6.07) is 36.0. The Balaban J connectivity index is 1.32. The summed E-state index contributed by atoms with van der Waals surface area (Å²) in [4.78, 5) is 8.71. The molecule has 0 fully saturated rings. The maximum atomic E-state index is 6.84. The molecular formula is C34H20N2O3S2. The lowest BCUT2D eigenvalue weighted by molar-refractivity contribution is 0.447. The van der Waals surface area contributed by atoms with E-state index in [9.17, 15) is 0 Å². The highest BCUT2D eigenvalue weighted by atomic mass is 32.1. The molecule has 4 aromatic heterocycles. The molecular weight excluding hydrogens is 549 g/mol. The molecule has 0 N–H and O–H groups in total. The number of benzene rings is 4. The number of thiophene rings is 2. The monoisotopic (exact) mass is 568 g/mol. The fourth-order valence-electron chi connectivity index (χ4n) is 4.99. The van der Waals surface area contributed by atoms with Crippen LogP contribution in [0.4, 0.5) is 0 Å². The predicted octanol–water partition coefficient (Wildman–Crippen LogP) is 10.6. The van der Waals surface area contributed by atoms with Gasteiger partial charge in [0.15, 0.2) is 0 Å². The summed E-state index contributed by atoms with van der Waals surface area (Å²) < 4.78 is 23.7. The molecule has 0 amide bonds. The largest absolute Gasteiger partial charge is 0.454 e. The molecule has 7 heteroatoms. The third-order valence-electron chi connectivity index (χ3n) is 6.78. The lowest BCUT2D eigenvalue weighted by atomic mass is 10.1. The molecule has 0 atom stereocenters. The highest BCUT2D eigenvalue weighted by molar-refractivity contribution is 7.26. The summed E-state index contributed by atoms with van der Waals surface area (Å²) in [6.45, 7) is 0. The van der Waals surface area contributed by atoms with Crippen molar-refractivity contribution in [2.24, 2.45) is 0 Å². The van der Waals surface area contributed by atoms with Gasteiger partial charge in [-0.05, 0) is 36.4 Å².